The summed E-state index contributed by atoms with van der Waals surface area (Å²) < 4.78 is 50.8. The second-order valence-corrected chi connectivity index (χ2v) is 19.8. The molecular formula is C36H48ClN3O6S2. The van der Waals surface area contributed by atoms with E-state index in [1.807, 2.05) is 31.2 Å². The number of anilines is 1. The lowest BCUT2D eigenvalue weighted by Crippen LogP contribution is -2.55. The first-order valence-electron chi connectivity index (χ1n) is 16.8. The van der Waals surface area contributed by atoms with E-state index >= 15 is 0 Å². The molecule has 48 heavy (non-hydrogen) atoms. The molecule has 12 heteroatoms. The number of hydrogen-bond acceptors (Lipinski definition) is 7. The molecule has 7 atom stereocenters. The van der Waals surface area contributed by atoms with E-state index in [0.29, 0.717) is 48.9 Å². The lowest BCUT2D eigenvalue weighted by molar-refractivity contribution is -0.0294. The van der Waals surface area contributed by atoms with Crippen LogP contribution < -0.4 is 14.4 Å². The SMILES string of the molecule is C=S1(=O)NC(=O)c2ccc3c(c2)N(C[C@@H]2CC[C@H]2[C@@](O)(CS(=O)(=O)N(C)C)/C=C/C[C@H](C)[C@H]1C)C[C@@]1(CCCc2cc(Cl)ccc21)CO3. The van der Waals surface area contributed by atoms with Crippen molar-refractivity contribution >= 4 is 48.8 Å². The summed E-state index contributed by atoms with van der Waals surface area (Å²) in [7, 11) is -3.85. The molecule has 1 fully saturated rings. The number of ether oxygens (including phenoxy) is 1. The van der Waals surface area contributed by atoms with Gasteiger partial charge in [-0.15, -0.1) is 0 Å². The van der Waals surface area contributed by atoms with Crippen molar-refractivity contribution < 1.29 is 27.3 Å². The van der Waals surface area contributed by atoms with Crippen molar-refractivity contribution in [1.82, 2.24) is 9.03 Å². The van der Waals surface area contributed by atoms with Crippen LogP contribution in [-0.4, -0.2) is 84.2 Å². The highest BCUT2D eigenvalue weighted by Crippen LogP contribution is 2.48. The summed E-state index contributed by atoms with van der Waals surface area (Å²) in [5.41, 5.74) is 1.56. The highest BCUT2D eigenvalue weighted by atomic mass is 35.5. The molecular weight excluding hydrogens is 670 g/mol. The van der Waals surface area contributed by atoms with Gasteiger partial charge >= 0.3 is 0 Å². The quantitative estimate of drug-likeness (QED) is 0.346. The van der Waals surface area contributed by atoms with Crippen LogP contribution in [0.5, 0.6) is 5.75 Å². The van der Waals surface area contributed by atoms with Gasteiger partial charge < -0.3 is 14.7 Å². The van der Waals surface area contributed by atoms with Crippen molar-refractivity contribution in [3.8, 4) is 5.75 Å². The van der Waals surface area contributed by atoms with Crippen LogP contribution in [0.15, 0.2) is 48.6 Å². The molecule has 1 unspecified atom stereocenters. The van der Waals surface area contributed by atoms with Gasteiger partial charge in [-0.2, -0.15) is 0 Å². The molecule has 2 N–H and O–H groups in total. The molecule has 2 bridgehead atoms. The predicted molar refractivity (Wildman–Crippen MR) is 194 cm³/mol. The molecule has 2 heterocycles. The molecule has 2 aliphatic heterocycles. The van der Waals surface area contributed by atoms with E-state index in [2.05, 4.69) is 21.6 Å². The molecule has 0 radical (unpaired) electrons. The number of aliphatic hydroxyl groups is 1. The Morgan fingerprint density at radius 2 is 1.96 bits per heavy atom. The standard InChI is InChI=1S/C36H48ClN3O6S2/c1-24-8-6-17-36(42,23-48(44,45)39(3)4)31-13-10-28(31)20-40-21-35(16-7-9-26-18-29(37)12-14-30(26)35)22-46-33-15-11-27(19-32(33)40)34(41)38-47(5,43)25(24)2/h6,11-12,14-15,17-19,24-25,28,31,42H,5,7-10,13,16,20-23H2,1-4H3,(H,38,41,43)/b17-6+/t24-,25+,28-,31+,35-,36-,47?/m0/s1. The predicted octanol–water partition coefficient (Wildman–Crippen LogP) is 4.81. The fourth-order valence-electron chi connectivity index (χ4n) is 8.05. The van der Waals surface area contributed by atoms with E-state index in [1.165, 1.54) is 25.2 Å². The van der Waals surface area contributed by atoms with E-state index in [0.717, 1.165) is 35.7 Å². The number of carbonyl (C=O) groups is 1. The van der Waals surface area contributed by atoms with Gasteiger partial charge in [0.2, 0.25) is 10.0 Å². The molecule has 2 aromatic rings. The Bertz CT molecular complexity index is 1830. The molecule has 1 saturated carbocycles. The zero-order valence-electron chi connectivity index (χ0n) is 28.3. The Morgan fingerprint density at radius 3 is 2.67 bits per heavy atom. The topological polar surface area (TPSA) is 116 Å². The Labute approximate surface area is 290 Å². The van der Waals surface area contributed by atoms with Crippen molar-refractivity contribution in [1.29, 1.82) is 0 Å². The molecule has 6 rings (SSSR count). The van der Waals surface area contributed by atoms with Gasteiger partial charge in [-0.3, -0.25) is 9.52 Å². The van der Waals surface area contributed by atoms with Gasteiger partial charge in [-0.05, 0) is 111 Å². The van der Waals surface area contributed by atoms with Crippen LogP contribution in [0.1, 0.15) is 67.4 Å². The number of amides is 1. The zero-order valence-corrected chi connectivity index (χ0v) is 30.7. The fourth-order valence-corrected chi connectivity index (χ4v) is 10.9. The molecule has 1 amide bonds. The van der Waals surface area contributed by atoms with Crippen LogP contribution in [0, 0.1) is 17.8 Å². The number of benzene rings is 2. The summed E-state index contributed by atoms with van der Waals surface area (Å²) in [6, 6.07) is 11.4. The number of carbonyl (C=O) groups excluding carboxylic acids is 1. The van der Waals surface area contributed by atoms with Crippen molar-refractivity contribution in [3.63, 3.8) is 0 Å². The smallest absolute Gasteiger partial charge is 0.262 e. The minimum Gasteiger partial charge on any atom is -0.490 e. The van der Waals surface area contributed by atoms with E-state index < -0.39 is 42.2 Å². The maximum Gasteiger partial charge on any atom is 0.262 e. The minimum atomic E-state index is -3.76. The first-order chi connectivity index (χ1) is 22.5. The first-order valence-corrected chi connectivity index (χ1v) is 20.6. The van der Waals surface area contributed by atoms with Crippen LogP contribution in [0.3, 0.4) is 0 Å². The fraction of sp³-hybridized carbons (Fsp3) is 0.556. The van der Waals surface area contributed by atoms with E-state index in [1.54, 1.807) is 25.1 Å². The van der Waals surface area contributed by atoms with Crippen LogP contribution in [0.25, 0.3) is 0 Å². The number of rotatable bonds is 3. The molecule has 4 aliphatic rings. The van der Waals surface area contributed by atoms with Crippen molar-refractivity contribution in [2.45, 2.75) is 68.6 Å². The summed E-state index contributed by atoms with van der Waals surface area (Å²) in [6.45, 7) is 5.30. The van der Waals surface area contributed by atoms with E-state index in [9.17, 15) is 22.5 Å². The molecule has 262 valence electrons. The largest absolute Gasteiger partial charge is 0.490 e. The second kappa shape index (κ2) is 13.0. The third kappa shape index (κ3) is 6.65. The van der Waals surface area contributed by atoms with Crippen LogP contribution in [-0.2, 0) is 31.6 Å². The number of sulfonamides is 1. The molecule has 1 spiro atoms. The summed E-state index contributed by atoms with van der Waals surface area (Å²) in [6.07, 6.45) is 8.21. The Balaban J connectivity index is 1.47. The van der Waals surface area contributed by atoms with Gasteiger partial charge in [0.05, 0.1) is 27.8 Å². The summed E-state index contributed by atoms with van der Waals surface area (Å²) in [5, 5.41) is 12.5. The number of allylic oxidation sites excluding steroid dienone is 1. The summed E-state index contributed by atoms with van der Waals surface area (Å²) in [5.74, 6) is 3.18. The molecule has 2 aliphatic carbocycles. The first kappa shape index (κ1) is 35.3. The lowest BCUT2D eigenvalue weighted by atomic mass is 9.64. The van der Waals surface area contributed by atoms with Crippen molar-refractivity contribution in [3.05, 3.63) is 70.3 Å². The van der Waals surface area contributed by atoms with Crippen LogP contribution >= 0.6 is 11.6 Å². The summed E-state index contributed by atoms with van der Waals surface area (Å²) in [4.78, 5) is 15.9. The normalized spacial score (nSPS) is 34.6. The molecule has 2 aromatic carbocycles. The van der Waals surface area contributed by atoms with Gasteiger partial charge in [-0.25, -0.2) is 16.9 Å². The van der Waals surface area contributed by atoms with Gasteiger partial charge in [0.1, 0.15) is 11.4 Å². The van der Waals surface area contributed by atoms with E-state index in [4.69, 9.17) is 16.3 Å². The Morgan fingerprint density at radius 1 is 1.19 bits per heavy atom. The summed E-state index contributed by atoms with van der Waals surface area (Å²) >= 11 is 6.43. The average Bonchev–Trinajstić information content (AvgIpc) is 3.14. The van der Waals surface area contributed by atoms with Crippen LogP contribution in [0.4, 0.5) is 5.69 Å². The van der Waals surface area contributed by atoms with Gasteiger partial charge in [0.15, 0.2) is 0 Å². The molecule has 0 aromatic heterocycles. The Hall–Kier alpha value is -2.57. The zero-order chi connectivity index (χ0) is 34.6. The van der Waals surface area contributed by atoms with Crippen molar-refractivity contribution in [2.24, 2.45) is 17.8 Å². The number of fused-ring (bicyclic) bond motifs is 4. The Kier molecular flexibility index (Phi) is 9.52. The third-order valence-electron chi connectivity index (χ3n) is 11.4. The van der Waals surface area contributed by atoms with Gasteiger partial charge in [-0.1, -0.05) is 36.7 Å². The van der Waals surface area contributed by atoms with Gasteiger partial charge in [0.25, 0.3) is 5.91 Å². The lowest BCUT2D eigenvalue weighted by Gasteiger charge is -2.49. The number of nitrogens with one attached hydrogen (secondary N) is 1. The van der Waals surface area contributed by atoms with Gasteiger partial charge in [0, 0.05) is 48.4 Å². The highest BCUT2D eigenvalue weighted by molar-refractivity contribution is 7.99. The average molecular weight is 718 g/mol. The number of halogens is 1. The number of hydrogen-bond donors (Lipinski definition) is 2. The van der Waals surface area contributed by atoms with Crippen LogP contribution in [0.2, 0.25) is 5.02 Å². The maximum atomic E-state index is 13.8. The van der Waals surface area contributed by atoms with E-state index in [-0.39, 0.29) is 23.2 Å². The monoisotopic (exact) mass is 717 g/mol. The number of nitrogens with zero attached hydrogens (tertiary/aromatic N) is 2. The molecule has 0 saturated heterocycles. The maximum absolute atomic E-state index is 13.8. The number of aryl methyl sites for hydroxylation is 1. The second-order valence-electron chi connectivity index (χ2n) is 14.7. The van der Waals surface area contributed by atoms with Crippen molar-refractivity contribution in [2.75, 3.05) is 44.4 Å². The third-order valence-corrected chi connectivity index (χ3v) is 15.7. The molecule has 9 nitrogen and oxygen atoms in total. The highest BCUT2D eigenvalue weighted by Gasteiger charge is 2.50. The minimum absolute atomic E-state index is 0.0198.